The first-order chi connectivity index (χ1) is 4.70. The minimum Gasteiger partial charge on any atom is -0.478 e. The Hall–Kier alpha value is -1.05. The zero-order chi connectivity index (χ0) is 7.98. The van der Waals surface area contributed by atoms with E-state index in [4.69, 9.17) is 5.11 Å². The lowest BCUT2D eigenvalue weighted by Crippen LogP contribution is -1.86. The van der Waals surface area contributed by atoms with Crippen LogP contribution in [0.25, 0.3) is 0 Å². The summed E-state index contributed by atoms with van der Waals surface area (Å²) in [4.78, 5) is 10.0. The van der Waals surface area contributed by atoms with Crippen LogP contribution >= 0.6 is 0 Å². The van der Waals surface area contributed by atoms with Gasteiger partial charge >= 0.3 is 5.97 Å². The number of carboxylic acid groups (broad SMARTS) is 1. The summed E-state index contributed by atoms with van der Waals surface area (Å²) in [5.74, 6) is -0.896. The Bertz CT molecular complexity index is 166. The molecule has 0 atom stereocenters. The summed E-state index contributed by atoms with van der Waals surface area (Å²) in [6, 6.07) is 0. The summed E-state index contributed by atoms with van der Waals surface area (Å²) in [7, 11) is 0. The molecule has 0 rings (SSSR count). The highest BCUT2D eigenvalue weighted by Crippen LogP contribution is 2.00. The molecule has 2 heteroatoms. The third-order valence-electron chi connectivity index (χ3n) is 1.22. The molecule has 0 saturated carbocycles. The Kier molecular flexibility index (Phi) is 4.29. The number of hydrogen-bond acceptors (Lipinski definition) is 1. The first kappa shape index (κ1) is 8.95. The fourth-order valence-corrected chi connectivity index (χ4v) is 0.597. The molecule has 0 aliphatic carbocycles. The quantitative estimate of drug-likeness (QED) is 0.480. The molecule has 0 heterocycles. The van der Waals surface area contributed by atoms with Crippen molar-refractivity contribution in [3.05, 3.63) is 23.8 Å². The van der Waals surface area contributed by atoms with Crippen LogP contribution in [0.4, 0.5) is 0 Å². The SMILES string of the molecule is C/C=C(/C=C\C(=O)O)CC. The maximum absolute atomic E-state index is 10.0. The Morgan fingerprint density at radius 3 is 2.40 bits per heavy atom. The zero-order valence-electron chi connectivity index (χ0n) is 6.29. The Morgan fingerprint density at radius 2 is 2.10 bits per heavy atom. The monoisotopic (exact) mass is 140 g/mol. The van der Waals surface area contributed by atoms with E-state index in [1.54, 1.807) is 6.08 Å². The summed E-state index contributed by atoms with van der Waals surface area (Å²) < 4.78 is 0. The van der Waals surface area contributed by atoms with E-state index in [-0.39, 0.29) is 0 Å². The van der Waals surface area contributed by atoms with Crippen LogP contribution in [0.3, 0.4) is 0 Å². The zero-order valence-corrected chi connectivity index (χ0v) is 6.29. The number of rotatable bonds is 3. The highest BCUT2D eigenvalue weighted by atomic mass is 16.4. The number of allylic oxidation sites excluding steroid dienone is 3. The van der Waals surface area contributed by atoms with Crippen LogP contribution in [0.1, 0.15) is 20.3 Å². The number of carboxylic acids is 1. The fourth-order valence-electron chi connectivity index (χ4n) is 0.597. The molecule has 0 fully saturated rings. The van der Waals surface area contributed by atoms with E-state index >= 15 is 0 Å². The lowest BCUT2D eigenvalue weighted by Gasteiger charge is -1.90. The van der Waals surface area contributed by atoms with Gasteiger partial charge in [-0.1, -0.05) is 24.6 Å². The smallest absolute Gasteiger partial charge is 0.328 e. The van der Waals surface area contributed by atoms with Crippen LogP contribution in [0.2, 0.25) is 0 Å². The molecule has 0 aromatic carbocycles. The Morgan fingerprint density at radius 1 is 1.50 bits per heavy atom. The van der Waals surface area contributed by atoms with Crippen molar-refractivity contribution >= 4 is 5.97 Å². The van der Waals surface area contributed by atoms with E-state index in [0.29, 0.717) is 0 Å². The van der Waals surface area contributed by atoms with Crippen molar-refractivity contribution in [2.75, 3.05) is 0 Å². The van der Waals surface area contributed by atoms with Crippen molar-refractivity contribution in [1.82, 2.24) is 0 Å². The standard InChI is InChI=1S/C8H12O2/c1-3-7(4-2)5-6-8(9)10/h3,5-6H,4H2,1-2H3,(H,9,10)/b6-5-,7-3+. The number of carbonyl (C=O) groups is 1. The minimum absolute atomic E-state index is 0.875. The summed E-state index contributed by atoms with van der Waals surface area (Å²) in [5.41, 5.74) is 1.04. The number of hydrogen-bond donors (Lipinski definition) is 1. The maximum Gasteiger partial charge on any atom is 0.328 e. The van der Waals surface area contributed by atoms with Crippen LogP contribution in [-0.4, -0.2) is 11.1 Å². The van der Waals surface area contributed by atoms with Gasteiger partial charge in [0.1, 0.15) is 0 Å². The molecule has 0 spiro atoms. The molecule has 10 heavy (non-hydrogen) atoms. The molecule has 0 unspecified atom stereocenters. The van der Waals surface area contributed by atoms with E-state index in [0.717, 1.165) is 18.1 Å². The predicted octanol–water partition coefficient (Wildman–Crippen LogP) is 1.98. The molecule has 0 aromatic heterocycles. The van der Waals surface area contributed by atoms with Gasteiger partial charge in [-0.3, -0.25) is 0 Å². The van der Waals surface area contributed by atoms with Crippen LogP contribution in [0, 0.1) is 0 Å². The highest BCUT2D eigenvalue weighted by Gasteiger charge is 1.87. The molecule has 0 aromatic rings. The van der Waals surface area contributed by atoms with E-state index in [2.05, 4.69) is 0 Å². The average molecular weight is 140 g/mol. The maximum atomic E-state index is 10.0. The highest BCUT2D eigenvalue weighted by molar-refractivity contribution is 5.80. The average Bonchev–Trinajstić information content (AvgIpc) is 1.90. The Labute approximate surface area is 60.9 Å². The first-order valence-corrected chi connectivity index (χ1v) is 3.27. The van der Waals surface area contributed by atoms with Gasteiger partial charge in [0.05, 0.1) is 0 Å². The molecule has 1 N–H and O–H groups in total. The lowest BCUT2D eigenvalue weighted by atomic mass is 10.2. The molecular weight excluding hydrogens is 128 g/mol. The van der Waals surface area contributed by atoms with Crippen molar-refractivity contribution in [3.63, 3.8) is 0 Å². The van der Waals surface area contributed by atoms with Crippen molar-refractivity contribution in [1.29, 1.82) is 0 Å². The van der Waals surface area contributed by atoms with E-state index in [1.165, 1.54) is 0 Å². The molecule has 2 nitrogen and oxygen atoms in total. The topological polar surface area (TPSA) is 37.3 Å². The summed E-state index contributed by atoms with van der Waals surface area (Å²) in [6.07, 6.45) is 5.54. The second kappa shape index (κ2) is 4.79. The van der Waals surface area contributed by atoms with Gasteiger partial charge in [0.15, 0.2) is 0 Å². The second-order valence-electron chi connectivity index (χ2n) is 1.89. The van der Waals surface area contributed by atoms with Crippen molar-refractivity contribution in [2.45, 2.75) is 20.3 Å². The predicted molar refractivity (Wildman–Crippen MR) is 40.8 cm³/mol. The third kappa shape index (κ3) is 3.89. The molecule has 0 amide bonds. The van der Waals surface area contributed by atoms with Crippen LogP contribution in [0.15, 0.2) is 23.8 Å². The van der Waals surface area contributed by atoms with Crippen molar-refractivity contribution in [3.8, 4) is 0 Å². The van der Waals surface area contributed by atoms with E-state index in [9.17, 15) is 4.79 Å². The van der Waals surface area contributed by atoms with Gasteiger partial charge in [-0.05, 0) is 13.3 Å². The lowest BCUT2D eigenvalue weighted by molar-refractivity contribution is -0.131. The second-order valence-corrected chi connectivity index (χ2v) is 1.89. The van der Waals surface area contributed by atoms with Crippen LogP contribution in [0.5, 0.6) is 0 Å². The molecule has 0 bridgehead atoms. The van der Waals surface area contributed by atoms with Crippen LogP contribution < -0.4 is 0 Å². The van der Waals surface area contributed by atoms with Gasteiger partial charge in [-0.15, -0.1) is 0 Å². The van der Waals surface area contributed by atoms with Crippen LogP contribution in [-0.2, 0) is 4.79 Å². The van der Waals surface area contributed by atoms with Gasteiger partial charge in [0.2, 0.25) is 0 Å². The minimum atomic E-state index is -0.896. The van der Waals surface area contributed by atoms with Crippen molar-refractivity contribution < 1.29 is 9.90 Å². The van der Waals surface area contributed by atoms with Gasteiger partial charge in [0, 0.05) is 6.08 Å². The summed E-state index contributed by atoms with van der Waals surface area (Å²) in [5, 5.41) is 8.24. The molecule has 0 saturated heterocycles. The number of aliphatic carboxylic acids is 1. The molecule has 56 valence electrons. The van der Waals surface area contributed by atoms with Gasteiger partial charge in [-0.25, -0.2) is 4.79 Å². The van der Waals surface area contributed by atoms with Gasteiger partial charge in [-0.2, -0.15) is 0 Å². The molecule has 0 aliphatic heterocycles. The first-order valence-electron chi connectivity index (χ1n) is 3.27. The fraction of sp³-hybridized carbons (Fsp3) is 0.375. The van der Waals surface area contributed by atoms with Gasteiger partial charge in [0.25, 0.3) is 0 Å². The Balaban J connectivity index is 3.98. The molecular formula is C8H12O2. The van der Waals surface area contributed by atoms with Crippen molar-refractivity contribution in [2.24, 2.45) is 0 Å². The van der Waals surface area contributed by atoms with E-state index < -0.39 is 5.97 Å². The molecule has 0 radical (unpaired) electrons. The third-order valence-corrected chi connectivity index (χ3v) is 1.22. The summed E-state index contributed by atoms with van der Waals surface area (Å²) in [6.45, 7) is 3.88. The van der Waals surface area contributed by atoms with Gasteiger partial charge < -0.3 is 5.11 Å². The van der Waals surface area contributed by atoms with E-state index in [1.807, 2.05) is 19.9 Å². The summed E-state index contributed by atoms with van der Waals surface area (Å²) >= 11 is 0. The normalized spacial score (nSPS) is 12.4. The largest absolute Gasteiger partial charge is 0.478 e. The molecule has 0 aliphatic rings.